The average Bonchev–Trinajstić information content (AvgIpc) is 2.80. The highest BCUT2D eigenvalue weighted by Gasteiger charge is 2.02. The standard InChI is InChI=1S/C12H8FNO2/c13-11-3-1-9(2-4-11)10(6-15)5-12-7-16-8-14-12/h1-8H. The molecule has 0 fully saturated rings. The minimum absolute atomic E-state index is 0.338. The topological polar surface area (TPSA) is 43.1 Å². The maximum atomic E-state index is 12.7. The first-order valence-corrected chi connectivity index (χ1v) is 4.60. The van der Waals surface area contributed by atoms with Gasteiger partial charge in [0.05, 0.1) is 0 Å². The lowest BCUT2D eigenvalue weighted by Gasteiger charge is -1.98. The van der Waals surface area contributed by atoms with Gasteiger partial charge in [-0.25, -0.2) is 9.37 Å². The largest absolute Gasteiger partial charge is 0.451 e. The highest BCUT2D eigenvalue weighted by Crippen LogP contribution is 2.15. The molecule has 0 aliphatic heterocycles. The van der Waals surface area contributed by atoms with Crippen LogP contribution in [0.2, 0.25) is 0 Å². The summed E-state index contributed by atoms with van der Waals surface area (Å²) in [6, 6.07) is 5.68. The fraction of sp³-hybridized carbons (Fsp3) is 0. The third-order valence-electron chi connectivity index (χ3n) is 2.06. The van der Waals surface area contributed by atoms with Crippen LogP contribution in [0.5, 0.6) is 0 Å². The summed E-state index contributed by atoms with van der Waals surface area (Å²) in [6.07, 6.45) is 4.97. The Morgan fingerprint density at radius 2 is 2.06 bits per heavy atom. The molecule has 1 aromatic carbocycles. The third-order valence-corrected chi connectivity index (χ3v) is 2.06. The molecule has 0 atom stereocenters. The molecule has 0 saturated heterocycles. The van der Waals surface area contributed by atoms with Gasteiger partial charge in [0.25, 0.3) is 0 Å². The van der Waals surface area contributed by atoms with Crippen molar-refractivity contribution in [3.8, 4) is 0 Å². The van der Waals surface area contributed by atoms with E-state index < -0.39 is 0 Å². The number of halogens is 1. The van der Waals surface area contributed by atoms with Crippen LogP contribution in [0.15, 0.2) is 41.3 Å². The normalized spacial score (nSPS) is 11.4. The van der Waals surface area contributed by atoms with Gasteiger partial charge in [0.15, 0.2) is 12.7 Å². The van der Waals surface area contributed by atoms with Crippen molar-refractivity contribution in [1.29, 1.82) is 0 Å². The van der Waals surface area contributed by atoms with Gasteiger partial charge in [-0.05, 0) is 23.8 Å². The summed E-state index contributed by atoms with van der Waals surface area (Å²) in [5.74, 6) is -0.338. The highest BCUT2D eigenvalue weighted by atomic mass is 19.1. The molecule has 0 spiro atoms. The summed E-state index contributed by atoms with van der Waals surface area (Å²) in [6.45, 7) is 0. The molecule has 0 aliphatic carbocycles. The van der Waals surface area contributed by atoms with Gasteiger partial charge in [-0.2, -0.15) is 0 Å². The van der Waals surface area contributed by atoms with Gasteiger partial charge in [0.2, 0.25) is 0 Å². The highest BCUT2D eigenvalue weighted by molar-refractivity contribution is 6.13. The van der Waals surface area contributed by atoms with Gasteiger partial charge in [0, 0.05) is 5.57 Å². The van der Waals surface area contributed by atoms with Crippen LogP contribution in [-0.4, -0.2) is 11.3 Å². The van der Waals surface area contributed by atoms with Crippen molar-refractivity contribution in [1.82, 2.24) is 4.98 Å². The molecule has 3 nitrogen and oxygen atoms in total. The summed E-state index contributed by atoms with van der Waals surface area (Å²) in [5, 5.41) is 0. The molecule has 16 heavy (non-hydrogen) atoms. The molecule has 0 amide bonds. The van der Waals surface area contributed by atoms with Crippen molar-refractivity contribution < 1.29 is 13.6 Å². The molecule has 0 saturated carbocycles. The summed E-state index contributed by atoms with van der Waals surface area (Å²) in [7, 11) is 0. The van der Waals surface area contributed by atoms with E-state index in [1.807, 2.05) is 0 Å². The number of nitrogens with zero attached hydrogens (tertiary/aromatic N) is 1. The summed E-state index contributed by atoms with van der Waals surface area (Å²) < 4.78 is 17.5. The van der Waals surface area contributed by atoms with Crippen LogP contribution in [0, 0.1) is 5.82 Å². The number of hydrogen-bond donors (Lipinski definition) is 0. The van der Waals surface area contributed by atoms with Crippen LogP contribution < -0.4 is 0 Å². The molecule has 2 rings (SSSR count). The summed E-state index contributed by atoms with van der Waals surface area (Å²) >= 11 is 0. The lowest BCUT2D eigenvalue weighted by atomic mass is 10.1. The molecule has 0 N–H and O–H groups in total. The average molecular weight is 217 g/mol. The van der Waals surface area contributed by atoms with Gasteiger partial charge < -0.3 is 4.42 Å². The zero-order valence-corrected chi connectivity index (χ0v) is 8.26. The minimum Gasteiger partial charge on any atom is -0.451 e. The number of benzene rings is 1. The van der Waals surface area contributed by atoms with E-state index in [9.17, 15) is 9.18 Å². The van der Waals surface area contributed by atoms with E-state index in [1.165, 1.54) is 36.9 Å². The number of aromatic nitrogens is 1. The zero-order valence-electron chi connectivity index (χ0n) is 8.26. The Kier molecular flexibility index (Phi) is 2.91. The lowest BCUT2D eigenvalue weighted by molar-refractivity contribution is -0.103. The molecule has 0 unspecified atom stereocenters. The Labute approximate surface area is 91.2 Å². The Balaban J connectivity index is 2.36. The molecule has 0 radical (unpaired) electrons. The number of carbonyl (C=O) groups excluding carboxylic acids is 1. The van der Waals surface area contributed by atoms with E-state index >= 15 is 0 Å². The number of rotatable bonds is 3. The van der Waals surface area contributed by atoms with Crippen molar-refractivity contribution in [3.05, 3.63) is 54.0 Å². The first-order chi connectivity index (χ1) is 7.79. The van der Waals surface area contributed by atoms with E-state index in [0.29, 0.717) is 23.1 Å². The first-order valence-electron chi connectivity index (χ1n) is 4.60. The van der Waals surface area contributed by atoms with Gasteiger partial charge in [-0.1, -0.05) is 12.1 Å². The fourth-order valence-corrected chi connectivity index (χ4v) is 1.28. The Morgan fingerprint density at radius 3 is 2.62 bits per heavy atom. The molecular formula is C12H8FNO2. The molecule has 2 aromatic rings. The van der Waals surface area contributed by atoms with Gasteiger partial charge >= 0.3 is 0 Å². The SMILES string of the molecule is O=CC(=Cc1cocn1)c1ccc(F)cc1. The molecular weight excluding hydrogens is 209 g/mol. The maximum Gasteiger partial charge on any atom is 0.181 e. The number of aldehydes is 1. The van der Waals surface area contributed by atoms with E-state index in [2.05, 4.69) is 4.98 Å². The molecule has 0 bridgehead atoms. The van der Waals surface area contributed by atoms with Crippen molar-refractivity contribution in [2.75, 3.05) is 0 Å². The predicted octanol–water partition coefficient (Wildman–Crippen LogP) is 2.55. The van der Waals surface area contributed by atoms with Gasteiger partial charge in [-0.3, -0.25) is 4.79 Å². The molecule has 4 heteroatoms. The van der Waals surface area contributed by atoms with Crippen LogP contribution in [0.25, 0.3) is 11.6 Å². The van der Waals surface area contributed by atoms with E-state index in [-0.39, 0.29) is 5.82 Å². The number of carbonyl (C=O) groups is 1. The maximum absolute atomic E-state index is 12.7. The second-order valence-corrected chi connectivity index (χ2v) is 3.14. The van der Waals surface area contributed by atoms with Gasteiger partial charge in [0.1, 0.15) is 17.8 Å². The zero-order chi connectivity index (χ0) is 11.4. The quantitative estimate of drug-likeness (QED) is 0.586. The van der Waals surface area contributed by atoms with E-state index in [0.717, 1.165) is 0 Å². The molecule has 1 heterocycles. The number of oxazole rings is 1. The van der Waals surface area contributed by atoms with E-state index in [4.69, 9.17) is 4.42 Å². The van der Waals surface area contributed by atoms with Crippen molar-refractivity contribution in [2.45, 2.75) is 0 Å². The number of allylic oxidation sites excluding steroid dienone is 1. The van der Waals surface area contributed by atoms with Crippen LogP contribution in [-0.2, 0) is 4.79 Å². The van der Waals surface area contributed by atoms with Crippen LogP contribution >= 0.6 is 0 Å². The second kappa shape index (κ2) is 4.53. The smallest absolute Gasteiger partial charge is 0.181 e. The van der Waals surface area contributed by atoms with E-state index in [1.54, 1.807) is 6.08 Å². The lowest BCUT2D eigenvalue weighted by Crippen LogP contribution is -1.86. The number of hydrogen-bond acceptors (Lipinski definition) is 3. The van der Waals surface area contributed by atoms with Crippen LogP contribution in [0.3, 0.4) is 0 Å². The molecule has 1 aromatic heterocycles. The third kappa shape index (κ3) is 2.23. The monoisotopic (exact) mass is 217 g/mol. The van der Waals surface area contributed by atoms with Crippen LogP contribution in [0.4, 0.5) is 4.39 Å². The summed E-state index contributed by atoms with van der Waals surface area (Å²) in [4.78, 5) is 14.8. The molecule has 80 valence electrons. The minimum atomic E-state index is -0.338. The summed E-state index contributed by atoms with van der Waals surface area (Å²) in [5.41, 5.74) is 1.61. The second-order valence-electron chi connectivity index (χ2n) is 3.14. The Bertz CT molecular complexity index is 500. The van der Waals surface area contributed by atoms with Crippen molar-refractivity contribution >= 4 is 17.9 Å². The van der Waals surface area contributed by atoms with Crippen molar-refractivity contribution in [2.24, 2.45) is 0 Å². The van der Waals surface area contributed by atoms with Gasteiger partial charge in [-0.15, -0.1) is 0 Å². The Hall–Kier alpha value is -2.23. The fourth-order valence-electron chi connectivity index (χ4n) is 1.28. The predicted molar refractivity (Wildman–Crippen MR) is 56.8 cm³/mol. The first kappa shape index (κ1) is 10.3. The van der Waals surface area contributed by atoms with Crippen LogP contribution in [0.1, 0.15) is 11.3 Å². The Morgan fingerprint density at radius 1 is 1.31 bits per heavy atom. The van der Waals surface area contributed by atoms with Crippen molar-refractivity contribution in [3.63, 3.8) is 0 Å². The molecule has 0 aliphatic rings.